The lowest BCUT2D eigenvalue weighted by atomic mass is 10.0. The van der Waals surface area contributed by atoms with Crippen molar-refractivity contribution in [1.29, 1.82) is 0 Å². The van der Waals surface area contributed by atoms with Gasteiger partial charge in [0.2, 0.25) is 0 Å². The summed E-state index contributed by atoms with van der Waals surface area (Å²) in [6.07, 6.45) is 61.3. The zero-order chi connectivity index (χ0) is 50.6. The molecule has 7 nitrogen and oxygen atoms in total. The van der Waals surface area contributed by atoms with Crippen LogP contribution in [0, 0.1) is 0 Å². The number of ether oxygens (including phenoxy) is 3. The third-order valence-electron chi connectivity index (χ3n) is 13.9. The minimum atomic E-state index is -0.760. The number of aliphatic hydroxyl groups is 1. The molecular weight excluding hydrogens is 857 g/mol. The van der Waals surface area contributed by atoms with Crippen molar-refractivity contribution in [3.8, 4) is 0 Å². The molecule has 0 aromatic rings. The second-order valence-electron chi connectivity index (χ2n) is 21.0. The molecule has 0 saturated carbocycles. The third-order valence-corrected chi connectivity index (χ3v) is 13.9. The van der Waals surface area contributed by atoms with E-state index >= 15 is 0 Å². The molecule has 0 atom stereocenters. The van der Waals surface area contributed by atoms with Crippen molar-refractivity contribution in [1.82, 2.24) is 0 Å². The lowest BCUT2D eigenvalue weighted by Gasteiger charge is -2.18. The molecular formula is C62H122O7. The second kappa shape index (κ2) is 62.5. The number of aliphatic hydroxyl groups excluding tert-OH is 1. The standard InChI is InChI=1S/C57H110O6.C5H12O/c1-4-7-10-13-16-19-22-25-28-31-34-37-40-43-46-49-55(58)61-52-54(63-57(60)51-48-45-42-39-36-33-30-27-24-21-18-15-12-9-6-3)53-62-56(59)50-47-44-41-38-35-32-29-26-23-20-17-14-11-8-5-2;1-2-3-4-5-6/h54H,4-53H2,1-3H3;6H,2-5H2,1H3. The molecule has 0 saturated heterocycles. The minimum absolute atomic E-state index is 0.0611. The Labute approximate surface area is 431 Å². The van der Waals surface area contributed by atoms with Gasteiger partial charge in [-0.15, -0.1) is 0 Å². The molecule has 1 N–H and O–H groups in total. The summed E-state index contributed by atoms with van der Waals surface area (Å²) in [4.78, 5) is 38.1. The van der Waals surface area contributed by atoms with Crippen LogP contribution in [-0.2, 0) is 28.6 Å². The first-order chi connectivity index (χ1) is 33.9. The first-order valence-electron chi connectivity index (χ1n) is 31.1. The number of rotatable bonds is 56. The van der Waals surface area contributed by atoms with Crippen LogP contribution in [0.1, 0.15) is 355 Å². The van der Waals surface area contributed by atoms with Crippen LogP contribution in [0.3, 0.4) is 0 Å². The highest BCUT2D eigenvalue weighted by Crippen LogP contribution is 2.18. The molecule has 412 valence electrons. The number of esters is 3. The fourth-order valence-corrected chi connectivity index (χ4v) is 9.16. The van der Waals surface area contributed by atoms with E-state index in [1.165, 1.54) is 238 Å². The number of hydrogen-bond acceptors (Lipinski definition) is 7. The minimum Gasteiger partial charge on any atom is -0.462 e. The van der Waals surface area contributed by atoms with Crippen molar-refractivity contribution in [3.05, 3.63) is 0 Å². The molecule has 0 aliphatic heterocycles. The monoisotopic (exact) mass is 979 g/mol. The van der Waals surface area contributed by atoms with Crippen molar-refractivity contribution >= 4 is 17.9 Å². The van der Waals surface area contributed by atoms with E-state index in [9.17, 15) is 14.4 Å². The van der Waals surface area contributed by atoms with Crippen molar-refractivity contribution in [3.63, 3.8) is 0 Å². The van der Waals surface area contributed by atoms with Gasteiger partial charge >= 0.3 is 17.9 Å². The van der Waals surface area contributed by atoms with Crippen LogP contribution in [0.25, 0.3) is 0 Å². The van der Waals surface area contributed by atoms with Gasteiger partial charge in [-0.25, -0.2) is 0 Å². The van der Waals surface area contributed by atoms with Gasteiger partial charge in [0, 0.05) is 25.9 Å². The van der Waals surface area contributed by atoms with Crippen LogP contribution >= 0.6 is 0 Å². The van der Waals surface area contributed by atoms with Gasteiger partial charge in [0.15, 0.2) is 6.10 Å². The van der Waals surface area contributed by atoms with E-state index in [0.29, 0.717) is 25.9 Å². The van der Waals surface area contributed by atoms with Gasteiger partial charge in [0.25, 0.3) is 0 Å². The van der Waals surface area contributed by atoms with Crippen molar-refractivity contribution in [2.24, 2.45) is 0 Å². The summed E-state index contributed by atoms with van der Waals surface area (Å²) in [5.41, 5.74) is 0. The molecule has 0 unspecified atom stereocenters. The number of carbonyl (C=O) groups excluding carboxylic acids is 3. The largest absolute Gasteiger partial charge is 0.462 e. The zero-order valence-corrected chi connectivity index (χ0v) is 47.2. The van der Waals surface area contributed by atoms with Crippen LogP contribution in [0.2, 0.25) is 0 Å². The Kier molecular flexibility index (Phi) is 62.9. The van der Waals surface area contributed by atoms with Crippen LogP contribution in [-0.4, -0.2) is 48.9 Å². The van der Waals surface area contributed by atoms with Gasteiger partial charge in [-0.2, -0.15) is 0 Å². The molecule has 0 radical (unpaired) electrons. The zero-order valence-electron chi connectivity index (χ0n) is 47.2. The van der Waals surface area contributed by atoms with Gasteiger partial charge in [-0.3, -0.25) is 14.4 Å². The fraction of sp³-hybridized carbons (Fsp3) is 0.952. The highest BCUT2D eigenvalue weighted by atomic mass is 16.6. The first-order valence-corrected chi connectivity index (χ1v) is 31.1. The van der Waals surface area contributed by atoms with Gasteiger partial charge in [-0.1, -0.05) is 310 Å². The Morgan fingerprint density at radius 2 is 0.464 bits per heavy atom. The summed E-state index contributed by atoms with van der Waals surface area (Å²) in [6.45, 7) is 9.18. The fourth-order valence-electron chi connectivity index (χ4n) is 9.16. The van der Waals surface area contributed by atoms with Gasteiger partial charge in [0.05, 0.1) is 0 Å². The van der Waals surface area contributed by atoms with Crippen LogP contribution in [0.15, 0.2) is 0 Å². The third kappa shape index (κ3) is 62.4. The highest BCUT2D eigenvalue weighted by molar-refractivity contribution is 5.71. The molecule has 0 bridgehead atoms. The highest BCUT2D eigenvalue weighted by Gasteiger charge is 2.19. The molecule has 0 rings (SSSR count). The number of hydrogen-bond donors (Lipinski definition) is 1. The maximum Gasteiger partial charge on any atom is 0.306 e. The maximum absolute atomic E-state index is 12.8. The molecule has 0 aromatic carbocycles. The second-order valence-corrected chi connectivity index (χ2v) is 21.0. The van der Waals surface area contributed by atoms with E-state index in [1.807, 2.05) is 0 Å². The molecule has 0 aromatic heterocycles. The summed E-state index contributed by atoms with van der Waals surface area (Å²) in [6, 6.07) is 0. The number of carbonyl (C=O) groups is 3. The molecule has 0 spiro atoms. The molecule has 0 aliphatic carbocycles. The Bertz CT molecular complexity index is 947. The Hall–Kier alpha value is -1.63. The summed E-state index contributed by atoms with van der Waals surface area (Å²) in [5.74, 6) is -0.832. The van der Waals surface area contributed by atoms with E-state index in [-0.39, 0.29) is 31.1 Å². The SMILES string of the molecule is CCCCCCCCCCCCCCCCCC(=O)OCC(COC(=O)CCCCCCCCCCCCCCCCC)OC(=O)CCCCCCCCCCCCCCCCC.CCCCCO. The van der Waals surface area contributed by atoms with Crippen molar-refractivity contribution < 1.29 is 33.7 Å². The quantitative estimate of drug-likeness (QED) is 0.0368. The Balaban J connectivity index is 0. The molecule has 7 heteroatoms. The number of unbranched alkanes of at least 4 members (excludes halogenated alkanes) is 44. The lowest BCUT2D eigenvalue weighted by Crippen LogP contribution is -2.30. The van der Waals surface area contributed by atoms with E-state index in [2.05, 4.69) is 27.7 Å². The van der Waals surface area contributed by atoms with Crippen LogP contribution < -0.4 is 0 Å². The van der Waals surface area contributed by atoms with E-state index in [4.69, 9.17) is 19.3 Å². The van der Waals surface area contributed by atoms with Gasteiger partial charge in [0.1, 0.15) is 13.2 Å². The Morgan fingerprint density at radius 3 is 0.667 bits per heavy atom. The predicted molar refractivity (Wildman–Crippen MR) is 297 cm³/mol. The first kappa shape index (κ1) is 69.4. The normalized spacial score (nSPS) is 11.2. The van der Waals surface area contributed by atoms with Crippen molar-refractivity contribution in [2.75, 3.05) is 19.8 Å². The summed E-state index contributed by atoms with van der Waals surface area (Å²) >= 11 is 0. The average molecular weight is 980 g/mol. The summed E-state index contributed by atoms with van der Waals surface area (Å²) in [7, 11) is 0. The smallest absolute Gasteiger partial charge is 0.306 e. The van der Waals surface area contributed by atoms with Crippen LogP contribution in [0.4, 0.5) is 0 Å². The predicted octanol–water partition coefficient (Wildman–Crippen LogP) is 19.9. The van der Waals surface area contributed by atoms with E-state index in [1.54, 1.807) is 0 Å². The topological polar surface area (TPSA) is 99.1 Å². The average Bonchev–Trinajstić information content (AvgIpc) is 3.35. The molecule has 0 fully saturated rings. The van der Waals surface area contributed by atoms with E-state index < -0.39 is 6.10 Å². The van der Waals surface area contributed by atoms with Crippen molar-refractivity contribution in [2.45, 2.75) is 361 Å². The van der Waals surface area contributed by atoms with Gasteiger partial charge in [-0.05, 0) is 25.7 Å². The summed E-state index contributed by atoms with van der Waals surface area (Å²) < 4.78 is 16.9. The molecule has 69 heavy (non-hydrogen) atoms. The maximum atomic E-state index is 12.8. The molecule has 0 heterocycles. The van der Waals surface area contributed by atoms with E-state index in [0.717, 1.165) is 70.6 Å². The Morgan fingerprint density at radius 1 is 0.275 bits per heavy atom. The molecule has 0 amide bonds. The van der Waals surface area contributed by atoms with Crippen LogP contribution in [0.5, 0.6) is 0 Å². The summed E-state index contributed by atoms with van der Waals surface area (Å²) in [5, 5.41) is 8.20. The lowest BCUT2D eigenvalue weighted by molar-refractivity contribution is -0.167. The molecule has 0 aliphatic rings. The van der Waals surface area contributed by atoms with Gasteiger partial charge < -0.3 is 19.3 Å².